The van der Waals surface area contributed by atoms with Crippen LogP contribution in [0.4, 0.5) is 0 Å². The average Bonchev–Trinajstić information content (AvgIpc) is 2.48. The van der Waals surface area contributed by atoms with Gasteiger partial charge in [0.1, 0.15) is 5.60 Å². The summed E-state index contributed by atoms with van der Waals surface area (Å²) in [5, 5.41) is 4.02. The zero-order valence-corrected chi connectivity index (χ0v) is 12.0. The Balaban J connectivity index is 3.02. The van der Waals surface area contributed by atoms with Crippen LogP contribution < -0.4 is 0 Å². The lowest BCUT2D eigenvalue weighted by Crippen LogP contribution is -2.26. The molecule has 0 saturated carbocycles. The molecule has 0 spiro atoms. The third-order valence-corrected chi connectivity index (χ3v) is 3.28. The molecule has 1 aromatic rings. The first kappa shape index (κ1) is 15.2. The lowest BCUT2D eigenvalue weighted by Gasteiger charge is -2.24. The zero-order valence-electron chi connectivity index (χ0n) is 12.0. The molecule has 0 amide bonds. The topological polar surface area (TPSA) is 47.9 Å². The molecular weight excluding hydrogens is 242 g/mol. The van der Waals surface area contributed by atoms with Crippen molar-refractivity contribution in [1.29, 1.82) is 0 Å². The Morgan fingerprint density at radius 2 is 1.79 bits per heavy atom. The lowest BCUT2D eigenvalue weighted by molar-refractivity contribution is -0.133. The number of benzene rings is 1. The Bertz CT molecular complexity index is 436. The average molecular weight is 263 g/mol. The maximum Gasteiger partial charge on any atom is 0.360 e. The molecule has 0 aromatic heterocycles. The number of methoxy groups -OCH3 is 1. The first-order valence-electron chi connectivity index (χ1n) is 6.46. The minimum Gasteiger partial charge on any atom is -0.464 e. The summed E-state index contributed by atoms with van der Waals surface area (Å²) < 4.78 is 4.75. The van der Waals surface area contributed by atoms with Crippen LogP contribution in [0.15, 0.2) is 35.5 Å². The van der Waals surface area contributed by atoms with Crippen LogP contribution in [0.3, 0.4) is 0 Å². The first-order valence-corrected chi connectivity index (χ1v) is 6.46. The highest BCUT2D eigenvalue weighted by atomic mass is 16.7. The van der Waals surface area contributed by atoms with Crippen LogP contribution in [-0.4, -0.2) is 24.4 Å². The maximum absolute atomic E-state index is 11.8. The first-order chi connectivity index (χ1) is 9.06. The van der Waals surface area contributed by atoms with Crippen LogP contribution in [0.1, 0.15) is 39.2 Å². The summed E-state index contributed by atoms with van der Waals surface area (Å²) in [4.78, 5) is 17.3. The third-order valence-electron chi connectivity index (χ3n) is 3.28. The molecule has 4 nitrogen and oxygen atoms in total. The summed E-state index contributed by atoms with van der Waals surface area (Å²) in [7, 11) is 1.33. The van der Waals surface area contributed by atoms with Crippen LogP contribution in [0, 0.1) is 0 Å². The number of hydrogen-bond donors (Lipinski definition) is 0. The molecule has 0 aliphatic rings. The van der Waals surface area contributed by atoms with Gasteiger partial charge in [-0.1, -0.05) is 49.3 Å². The summed E-state index contributed by atoms with van der Waals surface area (Å²) in [6.07, 6.45) is 1.63. The summed E-state index contributed by atoms with van der Waals surface area (Å²) in [6, 6.07) is 9.16. The fraction of sp³-hybridized carbons (Fsp3) is 0.467. The van der Waals surface area contributed by atoms with Crippen molar-refractivity contribution in [3.63, 3.8) is 0 Å². The van der Waals surface area contributed by atoms with Gasteiger partial charge in [0.25, 0.3) is 0 Å². The number of ether oxygens (including phenoxy) is 1. The van der Waals surface area contributed by atoms with E-state index in [9.17, 15) is 4.79 Å². The van der Waals surface area contributed by atoms with E-state index in [0.29, 0.717) is 5.56 Å². The molecule has 0 N–H and O–H groups in total. The monoisotopic (exact) mass is 263 g/mol. The summed E-state index contributed by atoms with van der Waals surface area (Å²) >= 11 is 0. The molecule has 0 unspecified atom stereocenters. The van der Waals surface area contributed by atoms with E-state index in [4.69, 9.17) is 9.57 Å². The quantitative estimate of drug-likeness (QED) is 0.450. The molecule has 0 heterocycles. The fourth-order valence-corrected chi connectivity index (χ4v) is 1.44. The number of esters is 1. The standard InChI is InChI=1S/C15H21NO3/c1-5-15(3,6-2)19-16-13(14(17)18-4)12-10-8-7-9-11-12/h7-11H,5-6H2,1-4H3/b16-13-. The third kappa shape index (κ3) is 4.09. The fourth-order valence-electron chi connectivity index (χ4n) is 1.44. The van der Waals surface area contributed by atoms with Crippen molar-refractivity contribution in [3.8, 4) is 0 Å². The van der Waals surface area contributed by atoms with Crippen molar-refractivity contribution in [3.05, 3.63) is 35.9 Å². The number of nitrogens with zero attached hydrogens (tertiary/aromatic N) is 1. The number of oxime groups is 1. The van der Waals surface area contributed by atoms with Crippen molar-refractivity contribution >= 4 is 11.7 Å². The highest BCUT2D eigenvalue weighted by Crippen LogP contribution is 2.20. The Kier molecular flexibility index (Phi) is 5.55. The van der Waals surface area contributed by atoms with Gasteiger partial charge in [0, 0.05) is 5.56 Å². The van der Waals surface area contributed by atoms with Gasteiger partial charge in [-0.15, -0.1) is 0 Å². The van der Waals surface area contributed by atoms with E-state index in [2.05, 4.69) is 5.16 Å². The summed E-state index contributed by atoms with van der Waals surface area (Å²) in [5.41, 5.74) is 0.508. The van der Waals surface area contributed by atoms with E-state index >= 15 is 0 Å². The van der Waals surface area contributed by atoms with Gasteiger partial charge >= 0.3 is 5.97 Å². The molecule has 104 valence electrons. The van der Waals surface area contributed by atoms with Crippen LogP contribution in [-0.2, 0) is 14.4 Å². The van der Waals surface area contributed by atoms with Gasteiger partial charge < -0.3 is 9.57 Å². The predicted octanol–water partition coefficient (Wildman–Crippen LogP) is 3.16. The molecule has 1 rings (SSSR count). The Morgan fingerprint density at radius 3 is 2.26 bits per heavy atom. The van der Waals surface area contributed by atoms with Crippen molar-refractivity contribution in [2.75, 3.05) is 7.11 Å². The van der Waals surface area contributed by atoms with Gasteiger partial charge in [-0.2, -0.15) is 0 Å². The van der Waals surface area contributed by atoms with E-state index < -0.39 is 5.97 Å². The molecule has 0 aliphatic carbocycles. The molecule has 0 radical (unpaired) electrons. The Morgan fingerprint density at radius 1 is 1.21 bits per heavy atom. The van der Waals surface area contributed by atoms with Crippen molar-refractivity contribution < 1.29 is 14.4 Å². The van der Waals surface area contributed by atoms with Gasteiger partial charge in [-0.25, -0.2) is 4.79 Å². The largest absolute Gasteiger partial charge is 0.464 e. The van der Waals surface area contributed by atoms with Crippen LogP contribution in [0.25, 0.3) is 0 Å². The van der Waals surface area contributed by atoms with E-state index in [0.717, 1.165) is 12.8 Å². The molecule has 1 aromatic carbocycles. The predicted molar refractivity (Wildman–Crippen MR) is 75.1 cm³/mol. The summed E-state index contributed by atoms with van der Waals surface area (Å²) in [5.74, 6) is -0.499. The number of carbonyl (C=O) groups is 1. The lowest BCUT2D eigenvalue weighted by atomic mass is 10.0. The maximum atomic E-state index is 11.8. The molecule has 0 saturated heterocycles. The Labute approximate surface area is 114 Å². The van der Waals surface area contributed by atoms with Crippen molar-refractivity contribution in [2.45, 2.75) is 39.2 Å². The molecular formula is C15H21NO3. The Hall–Kier alpha value is -1.84. The van der Waals surface area contributed by atoms with Gasteiger partial charge in [-0.05, 0) is 19.8 Å². The summed E-state index contributed by atoms with van der Waals surface area (Å²) in [6.45, 7) is 6.02. The van der Waals surface area contributed by atoms with Gasteiger partial charge in [0.15, 0.2) is 5.71 Å². The molecule has 0 fully saturated rings. The molecule has 0 bridgehead atoms. The number of rotatable bonds is 6. The second kappa shape index (κ2) is 6.92. The molecule has 4 heteroatoms. The minimum absolute atomic E-state index is 0.191. The zero-order chi connectivity index (χ0) is 14.3. The number of carbonyl (C=O) groups excluding carboxylic acids is 1. The second-order valence-corrected chi connectivity index (χ2v) is 4.55. The van der Waals surface area contributed by atoms with Crippen molar-refractivity contribution in [2.24, 2.45) is 5.16 Å². The minimum atomic E-state index is -0.499. The van der Waals surface area contributed by atoms with Crippen LogP contribution in [0.5, 0.6) is 0 Å². The van der Waals surface area contributed by atoms with E-state index in [1.807, 2.05) is 39.0 Å². The van der Waals surface area contributed by atoms with Gasteiger partial charge in [0.2, 0.25) is 0 Å². The molecule has 0 atom stereocenters. The van der Waals surface area contributed by atoms with Gasteiger partial charge in [0.05, 0.1) is 7.11 Å². The molecule has 0 aliphatic heterocycles. The SMILES string of the molecule is CCC(C)(CC)O/N=C(\C(=O)OC)c1ccccc1. The van der Waals surface area contributed by atoms with Gasteiger partial charge in [-0.3, -0.25) is 0 Å². The van der Waals surface area contributed by atoms with E-state index in [1.165, 1.54) is 7.11 Å². The normalized spacial score (nSPS) is 12.1. The van der Waals surface area contributed by atoms with Crippen molar-refractivity contribution in [1.82, 2.24) is 0 Å². The molecule has 19 heavy (non-hydrogen) atoms. The van der Waals surface area contributed by atoms with E-state index in [1.54, 1.807) is 12.1 Å². The van der Waals surface area contributed by atoms with Crippen LogP contribution in [0.2, 0.25) is 0 Å². The van der Waals surface area contributed by atoms with Crippen LogP contribution >= 0.6 is 0 Å². The second-order valence-electron chi connectivity index (χ2n) is 4.55. The number of hydrogen-bond acceptors (Lipinski definition) is 4. The van der Waals surface area contributed by atoms with E-state index in [-0.39, 0.29) is 11.3 Å². The highest BCUT2D eigenvalue weighted by Gasteiger charge is 2.23. The smallest absolute Gasteiger partial charge is 0.360 e. The highest BCUT2D eigenvalue weighted by molar-refractivity contribution is 6.43.